The summed E-state index contributed by atoms with van der Waals surface area (Å²) in [6.45, 7) is 4.07. The van der Waals surface area contributed by atoms with E-state index in [1.165, 1.54) is 11.3 Å². The third-order valence-electron chi connectivity index (χ3n) is 3.25. The molecule has 2 rings (SSSR count). The van der Waals surface area contributed by atoms with Crippen molar-refractivity contribution < 1.29 is 8.42 Å². The predicted molar refractivity (Wildman–Crippen MR) is 85.7 cm³/mol. The normalized spacial score (nSPS) is 11.7. The molecule has 0 atom stereocenters. The zero-order valence-electron chi connectivity index (χ0n) is 12.1. The van der Waals surface area contributed by atoms with Crippen molar-refractivity contribution >= 4 is 27.0 Å². The standard InChI is InChI=1S/C14H19N3O2S2/c1-3-10-7-12(15)11(4-2)13(8-10)21(18,19)17-9-14-16-5-6-20-14/h5-8,17H,3-4,9,15H2,1-2H3. The van der Waals surface area contributed by atoms with Gasteiger partial charge < -0.3 is 5.73 Å². The first-order valence-electron chi connectivity index (χ1n) is 6.77. The molecule has 1 aromatic carbocycles. The molecule has 1 heterocycles. The SMILES string of the molecule is CCc1cc(N)c(CC)c(S(=O)(=O)NCc2nccs2)c1. The minimum Gasteiger partial charge on any atom is -0.398 e. The molecular weight excluding hydrogens is 306 g/mol. The molecule has 0 saturated carbocycles. The van der Waals surface area contributed by atoms with Crippen LogP contribution in [0.2, 0.25) is 0 Å². The van der Waals surface area contributed by atoms with Gasteiger partial charge in [-0.05, 0) is 36.1 Å². The Labute approximate surface area is 129 Å². The Morgan fingerprint density at radius 3 is 2.62 bits per heavy atom. The molecule has 5 nitrogen and oxygen atoms in total. The Morgan fingerprint density at radius 1 is 1.29 bits per heavy atom. The van der Waals surface area contributed by atoms with Crippen molar-refractivity contribution in [2.45, 2.75) is 38.1 Å². The first kappa shape index (κ1) is 15.9. The lowest BCUT2D eigenvalue weighted by atomic mass is 10.1. The van der Waals surface area contributed by atoms with E-state index in [0.717, 1.165) is 17.0 Å². The lowest BCUT2D eigenvalue weighted by Gasteiger charge is -2.14. The molecule has 0 fully saturated rings. The lowest BCUT2D eigenvalue weighted by Crippen LogP contribution is -2.25. The molecule has 0 bridgehead atoms. The summed E-state index contributed by atoms with van der Waals surface area (Å²) in [6.07, 6.45) is 2.97. The number of aryl methyl sites for hydroxylation is 1. The Kier molecular flexibility index (Phi) is 4.97. The lowest BCUT2D eigenvalue weighted by molar-refractivity contribution is 0.580. The smallest absolute Gasteiger partial charge is 0.241 e. The fourth-order valence-corrected chi connectivity index (χ4v) is 4.15. The summed E-state index contributed by atoms with van der Waals surface area (Å²) in [7, 11) is -3.60. The summed E-state index contributed by atoms with van der Waals surface area (Å²) >= 11 is 1.42. The van der Waals surface area contributed by atoms with E-state index in [4.69, 9.17) is 5.73 Å². The van der Waals surface area contributed by atoms with Gasteiger partial charge in [0.2, 0.25) is 10.0 Å². The third kappa shape index (κ3) is 3.61. The van der Waals surface area contributed by atoms with E-state index in [1.807, 2.05) is 25.3 Å². The number of nitrogens with two attached hydrogens (primary N) is 1. The maximum absolute atomic E-state index is 12.5. The number of hydrogen-bond acceptors (Lipinski definition) is 5. The number of hydrogen-bond donors (Lipinski definition) is 2. The number of nitrogens with one attached hydrogen (secondary N) is 1. The number of sulfonamides is 1. The summed E-state index contributed by atoms with van der Waals surface area (Å²) in [5.41, 5.74) is 8.11. The summed E-state index contributed by atoms with van der Waals surface area (Å²) in [4.78, 5) is 4.35. The topological polar surface area (TPSA) is 85.1 Å². The molecule has 0 aliphatic carbocycles. The molecule has 21 heavy (non-hydrogen) atoms. The number of rotatable bonds is 6. The van der Waals surface area contributed by atoms with Crippen molar-refractivity contribution in [2.75, 3.05) is 5.73 Å². The molecule has 0 aliphatic rings. The van der Waals surface area contributed by atoms with E-state index in [2.05, 4.69) is 9.71 Å². The van der Waals surface area contributed by atoms with E-state index in [0.29, 0.717) is 17.7 Å². The van der Waals surface area contributed by atoms with Crippen LogP contribution >= 0.6 is 11.3 Å². The van der Waals surface area contributed by atoms with E-state index >= 15 is 0 Å². The van der Waals surface area contributed by atoms with Gasteiger partial charge in [-0.25, -0.2) is 18.1 Å². The average molecular weight is 325 g/mol. The molecule has 0 spiro atoms. The molecule has 3 N–H and O–H groups in total. The minimum atomic E-state index is -3.60. The van der Waals surface area contributed by atoms with Gasteiger partial charge in [0.1, 0.15) is 5.01 Å². The second-order valence-corrected chi connectivity index (χ2v) is 7.33. The number of nitrogen functional groups attached to an aromatic ring is 1. The zero-order chi connectivity index (χ0) is 15.5. The van der Waals surface area contributed by atoms with Crippen LogP contribution in [-0.2, 0) is 29.4 Å². The van der Waals surface area contributed by atoms with Crippen molar-refractivity contribution in [3.05, 3.63) is 39.8 Å². The Balaban J connectivity index is 2.36. The second kappa shape index (κ2) is 6.55. The molecule has 0 aliphatic heterocycles. The van der Waals surface area contributed by atoms with Crippen LogP contribution in [0.4, 0.5) is 5.69 Å². The molecule has 0 saturated heterocycles. The third-order valence-corrected chi connectivity index (χ3v) is 5.50. The highest BCUT2D eigenvalue weighted by Crippen LogP contribution is 2.25. The molecule has 7 heteroatoms. The highest BCUT2D eigenvalue weighted by molar-refractivity contribution is 7.89. The van der Waals surface area contributed by atoms with E-state index in [1.54, 1.807) is 12.3 Å². The summed E-state index contributed by atoms with van der Waals surface area (Å²) < 4.78 is 27.7. The van der Waals surface area contributed by atoms with Gasteiger partial charge in [-0.2, -0.15) is 0 Å². The maximum Gasteiger partial charge on any atom is 0.241 e. The monoisotopic (exact) mass is 325 g/mol. The van der Waals surface area contributed by atoms with Crippen molar-refractivity contribution in [1.29, 1.82) is 0 Å². The predicted octanol–water partition coefficient (Wildman–Crippen LogP) is 2.33. The summed E-state index contributed by atoms with van der Waals surface area (Å²) in [6, 6.07) is 3.55. The van der Waals surface area contributed by atoms with Gasteiger partial charge in [-0.3, -0.25) is 0 Å². The van der Waals surface area contributed by atoms with Crippen LogP contribution in [0.3, 0.4) is 0 Å². The number of nitrogens with zero attached hydrogens (tertiary/aromatic N) is 1. The van der Waals surface area contributed by atoms with Gasteiger partial charge in [-0.15, -0.1) is 11.3 Å². The molecule has 1 aromatic heterocycles. The van der Waals surface area contributed by atoms with Crippen molar-refractivity contribution in [2.24, 2.45) is 0 Å². The molecule has 2 aromatic rings. The van der Waals surface area contributed by atoms with Crippen LogP contribution in [0.15, 0.2) is 28.6 Å². The zero-order valence-corrected chi connectivity index (χ0v) is 13.7. The fourth-order valence-electron chi connectivity index (χ4n) is 2.12. The summed E-state index contributed by atoms with van der Waals surface area (Å²) in [5.74, 6) is 0. The Bertz CT molecular complexity index is 710. The largest absolute Gasteiger partial charge is 0.398 e. The molecule has 0 amide bonds. The van der Waals surface area contributed by atoms with Gasteiger partial charge in [0, 0.05) is 17.3 Å². The highest BCUT2D eigenvalue weighted by Gasteiger charge is 2.20. The van der Waals surface area contributed by atoms with Crippen LogP contribution < -0.4 is 10.5 Å². The summed E-state index contributed by atoms with van der Waals surface area (Å²) in [5, 5.41) is 2.55. The van der Waals surface area contributed by atoms with Crippen LogP contribution in [0.25, 0.3) is 0 Å². The first-order valence-corrected chi connectivity index (χ1v) is 9.13. The first-order chi connectivity index (χ1) is 9.97. The number of benzene rings is 1. The molecular formula is C14H19N3O2S2. The van der Waals surface area contributed by atoms with Crippen LogP contribution in [0.1, 0.15) is 30.0 Å². The van der Waals surface area contributed by atoms with Crippen LogP contribution in [-0.4, -0.2) is 13.4 Å². The van der Waals surface area contributed by atoms with E-state index in [-0.39, 0.29) is 11.4 Å². The average Bonchev–Trinajstić information content (AvgIpc) is 2.97. The van der Waals surface area contributed by atoms with Gasteiger partial charge in [0.15, 0.2) is 0 Å². The number of anilines is 1. The minimum absolute atomic E-state index is 0.194. The van der Waals surface area contributed by atoms with Crippen molar-refractivity contribution in [3.8, 4) is 0 Å². The van der Waals surface area contributed by atoms with Gasteiger partial charge in [0.05, 0.1) is 11.4 Å². The van der Waals surface area contributed by atoms with Gasteiger partial charge in [-0.1, -0.05) is 13.8 Å². The van der Waals surface area contributed by atoms with Gasteiger partial charge >= 0.3 is 0 Å². The van der Waals surface area contributed by atoms with Crippen LogP contribution in [0, 0.1) is 0 Å². The van der Waals surface area contributed by atoms with E-state index in [9.17, 15) is 8.42 Å². The Morgan fingerprint density at radius 2 is 2.05 bits per heavy atom. The molecule has 114 valence electrons. The van der Waals surface area contributed by atoms with Crippen molar-refractivity contribution in [3.63, 3.8) is 0 Å². The van der Waals surface area contributed by atoms with E-state index < -0.39 is 10.0 Å². The molecule has 0 unspecified atom stereocenters. The maximum atomic E-state index is 12.5. The highest BCUT2D eigenvalue weighted by atomic mass is 32.2. The van der Waals surface area contributed by atoms with Crippen LogP contribution in [0.5, 0.6) is 0 Å². The number of aromatic nitrogens is 1. The Hall–Kier alpha value is -1.44. The second-order valence-electron chi connectivity index (χ2n) is 4.62. The fraction of sp³-hybridized carbons (Fsp3) is 0.357. The van der Waals surface area contributed by atoms with Gasteiger partial charge in [0.25, 0.3) is 0 Å². The quantitative estimate of drug-likeness (QED) is 0.798. The molecule has 0 radical (unpaired) electrons. The number of thiazole rings is 1. The van der Waals surface area contributed by atoms with Crippen molar-refractivity contribution in [1.82, 2.24) is 9.71 Å².